The normalized spacial score (nSPS) is 12.7. The van der Waals surface area contributed by atoms with Crippen LogP contribution in [0.5, 0.6) is 0 Å². The molecule has 0 saturated carbocycles. The molecule has 0 aliphatic carbocycles. The molecule has 0 saturated heterocycles. The molecule has 0 aliphatic heterocycles. The Morgan fingerprint density at radius 1 is 1.00 bits per heavy atom. The minimum absolute atomic E-state index is 0.243. The highest BCUT2D eigenvalue weighted by molar-refractivity contribution is 7.92. The molecule has 5 nitrogen and oxygen atoms in total. The van der Waals surface area contributed by atoms with E-state index < -0.39 is 10.0 Å². The molecular formula is C23H28N2O3S. The second-order valence-electron chi connectivity index (χ2n) is 6.96. The Labute approximate surface area is 173 Å². The summed E-state index contributed by atoms with van der Waals surface area (Å²) in [5.41, 5.74) is 3.05. The number of rotatable bonds is 9. The molecule has 1 atom stereocenters. The number of aromatic nitrogens is 1. The molecule has 3 rings (SSSR count). The van der Waals surface area contributed by atoms with Crippen molar-refractivity contribution >= 4 is 15.7 Å². The number of methoxy groups -OCH3 is 1. The lowest BCUT2D eigenvalue weighted by Gasteiger charge is -2.22. The molecule has 1 heterocycles. The van der Waals surface area contributed by atoms with Gasteiger partial charge < -0.3 is 9.30 Å². The summed E-state index contributed by atoms with van der Waals surface area (Å²) in [5, 5.41) is 0. The van der Waals surface area contributed by atoms with Crippen molar-refractivity contribution in [3.63, 3.8) is 0 Å². The van der Waals surface area contributed by atoms with Crippen molar-refractivity contribution in [1.29, 1.82) is 0 Å². The van der Waals surface area contributed by atoms with Gasteiger partial charge in [0.15, 0.2) is 0 Å². The average molecular weight is 413 g/mol. The van der Waals surface area contributed by atoms with Crippen LogP contribution in [0.1, 0.15) is 30.5 Å². The summed E-state index contributed by atoms with van der Waals surface area (Å²) in [6, 6.07) is 20.5. The predicted octanol–water partition coefficient (Wildman–Crippen LogP) is 4.50. The fourth-order valence-corrected chi connectivity index (χ4v) is 4.77. The minimum atomic E-state index is -3.58. The van der Waals surface area contributed by atoms with Crippen molar-refractivity contribution in [1.82, 2.24) is 4.57 Å². The van der Waals surface area contributed by atoms with Gasteiger partial charge in [0.1, 0.15) is 0 Å². The zero-order valence-corrected chi connectivity index (χ0v) is 18.0. The first-order chi connectivity index (χ1) is 14.0. The van der Waals surface area contributed by atoms with Crippen LogP contribution in [0.2, 0.25) is 0 Å². The largest absolute Gasteiger partial charge is 0.383 e. The first kappa shape index (κ1) is 21.1. The van der Waals surface area contributed by atoms with Crippen molar-refractivity contribution in [2.45, 2.75) is 30.7 Å². The maximum Gasteiger partial charge on any atom is 0.264 e. The van der Waals surface area contributed by atoms with Gasteiger partial charge in [-0.1, -0.05) is 37.3 Å². The van der Waals surface area contributed by atoms with Crippen LogP contribution in [0.15, 0.2) is 77.8 Å². The molecule has 0 fully saturated rings. The van der Waals surface area contributed by atoms with E-state index in [2.05, 4.69) is 29.8 Å². The monoisotopic (exact) mass is 412 g/mol. The quantitative estimate of drug-likeness (QED) is 0.520. The van der Waals surface area contributed by atoms with E-state index in [4.69, 9.17) is 4.74 Å². The maximum absolute atomic E-state index is 12.9. The number of anilines is 1. The molecule has 154 valence electrons. The maximum atomic E-state index is 12.9. The zero-order chi connectivity index (χ0) is 20.9. The molecule has 3 aromatic rings. The molecule has 0 bridgehead atoms. The lowest BCUT2D eigenvalue weighted by molar-refractivity contribution is 0.186. The van der Waals surface area contributed by atoms with E-state index in [0.717, 1.165) is 13.0 Å². The molecule has 0 N–H and O–H groups in total. The van der Waals surface area contributed by atoms with Crippen LogP contribution in [-0.2, 0) is 21.3 Å². The summed E-state index contributed by atoms with van der Waals surface area (Å²) < 4.78 is 34.5. The van der Waals surface area contributed by atoms with Crippen molar-refractivity contribution in [3.05, 3.63) is 84.2 Å². The van der Waals surface area contributed by atoms with Crippen LogP contribution in [-0.4, -0.2) is 33.7 Å². The summed E-state index contributed by atoms with van der Waals surface area (Å²) in [5.74, 6) is 0.243. The highest BCUT2D eigenvalue weighted by atomic mass is 32.2. The third-order valence-electron chi connectivity index (χ3n) is 5.23. The molecule has 2 aromatic carbocycles. The van der Waals surface area contributed by atoms with Crippen molar-refractivity contribution < 1.29 is 13.2 Å². The van der Waals surface area contributed by atoms with E-state index in [9.17, 15) is 8.42 Å². The number of benzene rings is 2. The first-order valence-corrected chi connectivity index (χ1v) is 11.2. The summed E-state index contributed by atoms with van der Waals surface area (Å²) >= 11 is 0. The Morgan fingerprint density at radius 3 is 2.31 bits per heavy atom. The van der Waals surface area contributed by atoms with E-state index in [1.807, 2.05) is 24.3 Å². The third-order valence-corrected chi connectivity index (χ3v) is 7.03. The van der Waals surface area contributed by atoms with E-state index in [-0.39, 0.29) is 10.8 Å². The Bertz CT molecular complexity index is 1010. The number of ether oxygens (including phenoxy) is 1. The predicted molar refractivity (Wildman–Crippen MR) is 117 cm³/mol. The zero-order valence-electron chi connectivity index (χ0n) is 17.2. The van der Waals surface area contributed by atoms with E-state index in [1.165, 1.54) is 15.6 Å². The van der Waals surface area contributed by atoms with Crippen LogP contribution in [0.4, 0.5) is 5.69 Å². The van der Waals surface area contributed by atoms with Crippen molar-refractivity contribution in [2.24, 2.45) is 0 Å². The molecule has 0 amide bonds. The SMILES string of the molecule is CCC(c1ccc(N(C)S(=O)(=O)c2ccccc2)cc1)c1cccn1CCOC. The van der Waals surface area contributed by atoms with Gasteiger partial charge in [0.05, 0.1) is 17.2 Å². The van der Waals surface area contributed by atoms with Crippen LogP contribution in [0.3, 0.4) is 0 Å². The van der Waals surface area contributed by atoms with Gasteiger partial charge in [0, 0.05) is 38.5 Å². The fraction of sp³-hybridized carbons (Fsp3) is 0.304. The summed E-state index contributed by atoms with van der Waals surface area (Å²) in [7, 11) is -0.280. The standard InChI is InChI=1S/C23H28N2O3S/c1-4-22(23-11-8-16-25(23)17-18-28-3)19-12-14-20(15-13-19)24(2)29(26,27)21-9-6-5-7-10-21/h5-16,22H,4,17-18H2,1-3H3. The Morgan fingerprint density at radius 2 is 1.69 bits per heavy atom. The summed E-state index contributed by atoms with van der Waals surface area (Å²) in [4.78, 5) is 0.286. The van der Waals surface area contributed by atoms with Gasteiger partial charge in [0.25, 0.3) is 10.0 Å². The van der Waals surface area contributed by atoms with Gasteiger partial charge in [-0.05, 0) is 48.4 Å². The van der Waals surface area contributed by atoms with Gasteiger partial charge >= 0.3 is 0 Å². The van der Waals surface area contributed by atoms with Crippen LogP contribution < -0.4 is 4.31 Å². The summed E-state index contributed by atoms with van der Waals surface area (Å²) in [6.07, 6.45) is 3.03. The first-order valence-electron chi connectivity index (χ1n) is 9.77. The molecule has 0 radical (unpaired) electrons. The Hall–Kier alpha value is -2.57. The van der Waals surface area contributed by atoms with Crippen molar-refractivity contribution in [3.8, 4) is 0 Å². The van der Waals surface area contributed by atoms with Gasteiger partial charge in [-0.25, -0.2) is 8.42 Å². The second-order valence-corrected chi connectivity index (χ2v) is 8.93. The van der Waals surface area contributed by atoms with Crippen LogP contribution in [0.25, 0.3) is 0 Å². The lowest BCUT2D eigenvalue weighted by atomic mass is 9.93. The number of sulfonamides is 1. The highest BCUT2D eigenvalue weighted by Crippen LogP contribution is 2.30. The highest BCUT2D eigenvalue weighted by Gasteiger charge is 2.22. The average Bonchev–Trinajstić information content (AvgIpc) is 3.21. The van der Waals surface area contributed by atoms with Gasteiger partial charge in [-0.15, -0.1) is 0 Å². The lowest BCUT2D eigenvalue weighted by Crippen LogP contribution is -2.26. The van der Waals surface area contributed by atoms with E-state index >= 15 is 0 Å². The Balaban J connectivity index is 1.85. The molecule has 0 spiro atoms. The molecule has 0 aliphatic rings. The Kier molecular flexibility index (Phi) is 6.77. The van der Waals surface area contributed by atoms with E-state index in [0.29, 0.717) is 12.3 Å². The minimum Gasteiger partial charge on any atom is -0.383 e. The van der Waals surface area contributed by atoms with E-state index in [1.54, 1.807) is 44.5 Å². The number of hydrogen-bond acceptors (Lipinski definition) is 3. The van der Waals surface area contributed by atoms with Crippen LogP contribution in [0, 0.1) is 0 Å². The third kappa shape index (κ3) is 4.54. The fourth-order valence-electron chi connectivity index (χ4n) is 3.56. The van der Waals surface area contributed by atoms with Crippen molar-refractivity contribution in [2.75, 3.05) is 25.1 Å². The van der Waals surface area contributed by atoms with Gasteiger partial charge in [0.2, 0.25) is 0 Å². The van der Waals surface area contributed by atoms with Crippen LogP contribution >= 0.6 is 0 Å². The van der Waals surface area contributed by atoms with Gasteiger partial charge in [-0.3, -0.25) is 4.31 Å². The molecule has 1 aromatic heterocycles. The molecular weight excluding hydrogens is 384 g/mol. The molecule has 1 unspecified atom stereocenters. The van der Waals surface area contributed by atoms with Gasteiger partial charge in [-0.2, -0.15) is 0 Å². The molecule has 6 heteroatoms. The smallest absolute Gasteiger partial charge is 0.264 e. The summed E-state index contributed by atoms with van der Waals surface area (Å²) in [6.45, 7) is 3.64. The topological polar surface area (TPSA) is 51.5 Å². The second kappa shape index (κ2) is 9.29. The number of nitrogens with zero attached hydrogens (tertiary/aromatic N) is 2. The molecule has 29 heavy (non-hydrogen) atoms. The number of hydrogen-bond donors (Lipinski definition) is 0.